The molecule has 0 radical (unpaired) electrons. The predicted molar refractivity (Wildman–Crippen MR) is 84.0 cm³/mol. The van der Waals surface area contributed by atoms with Crippen LogP contribution in [0.25, 0.3) is 6.08 Å². The van der Waals surface area contributed by atoms with Crippen LogP contribution in [0.4, 0.5) is 5.69 Å². The Balaban J connectivity index is 2.24. The molecule has 1 fully saturated rings. The Morgan fingerprint density at radius 3 is 2.05 bits per heavy atom. The molecule has 20 heavy (non-hydrogen) atoms. The molecule has 1 aromatic rings. The number of hydrogen-bond donors (Lipinski definition) is 2. The molecule has 1 aliphatic heterocycles. The van der Waals surface area contributed by atoms with Gasteiger partial charge in [0.25, 0.3) is 0 Å². The molecule has 4 N–H and O–H groups in total. The van der Waals surface area contributed by atoms with Crippen LogP contribution in [0.5, 0.6) is 0 Å². The van der Waals surface area contributed by atoms with E-state index in [0.29, 0.717) is 6.54 Å². The van der Waals surface area contributed by atoms with Crippen molar-refractivity contribution in [1.82, 2.24) is 0 Å². The first-order valence-corrected chi connectivity index (χ1v) is 6.87. The summed E-state index contributed by atoms with van der Waals surface area (Å²) in [5, 5.41) is 0. The monoisotopic (exact) mass is 274 g/mol. The van der Waals surface area contributed by atoms with Crippen molar-refractivity contribution in [2.45, 2.75) is 38.9 Å². The lowest BCUT2D eigenvalue weighted by Crippen LogP contribution is -2.41. The van der Waals surface area contributed by atoms with Gasteiger partial charge in [0.15, 0.2) is 0 Å². The number of rotatable bonds is 3. The van der Waals surface area contributed by atoms with Crippen LogP contribution in [-0.4, -0.2) is 24.9 Å². The number of hydrogen-bond acceptors (Lipinski definition) is 4. The van der Waals surface area contributed by atoms with Crippen LogP contribution in [0.1, 0.15) is 33.3 Å². The molecule has 1 saturated heterocycles. The second kappa shape index (κ2) is 5.24. The van der Waals surface area contributed by atoms with Crippen LogP contribution in [0.2, 0.25) is 0 Å². The second-order valence-corrected chi connectivity index (χ2v) is 6.18. The van der Waals surface area contributed by atoms with Crippen LogP contribution in [0, 0.1) is 0 Å². The number of nitrogen functional groups attached to an aromatic ring is 1. The molecule has 0 aromatic heterocycles. The molecule has 0 bridgehead atoms. The minimum Gasteiger partial charge on any atom is -0.400 e. The largest absolute Gasteiger partial charge is 0.491 e. The van der Waals surface area contributed by atoms with E-state index in [9.17, 15) is 0 Å². The van der Waals surface area contributed by atoms with Crippen molar-refractivity contribution in [2.75, 3.05) is 12.3 Å². The van der Waals surface area contributed by atoms with Crippen molar-refractivity contribution in [2.24, 2.45) is 5.73 Å². The molecule has 0 saturated carbocycles. The lowest BCUT2D eigenvalue weighted by molar-refractivity contribution is 0.00578. The lowest BCUT2D eigenvalue weighted by atomic mass is 9.77. The van der Waals surface area contributed by atoms with Gasteiger partial charge in [0.1, 0.15) is 0 Å². The highest BCUT2D eigenvalue weighted by molar-refractivity contribution is 6.55. The quantitative estimate of drug-likeness (QED) is 0.655. The maximum atomic E-state index is 6.02. The van der Waals surface area contributed by atoms with Gasteiger partial charge in [0.05, 0.1) is 11.2 Å². The van der Waals surface area contributed by atoms with Crippen LogP contribution >= 0.6 is 0 Å². The van der Waals surface area contributed by atoms with Crippen molar-refractivity contribution in [3.63, 3.8) is 0 Å². The fraction of sp³-hybridized carbons (Fsp3) is 0.467. The van der Waals surface area contributed by atoms with Crippen molar-refractivity contribution in [1.29, 1.82) is 0 Å². The summed E-state index contributed by atoms with van der Waals surface area (Å²) in [6.45, 7) is 8.52. The summed E-state index contributed by atoms with van der Waals surface area (Å²) < 4.78 is 12.0. The average Bonchev–Trinajstić information content (AvgIpc) is 2.57. The normalized spacial score (nSPS) is 21.2. The molecule has 5 heteroatoms. The molecule has 1 aliphatic rings. The first-order chi connectivity index (χ1) is 9.25. The Kier molecular flexibility index (Phi) is 3.96. The number of nitrogens with two attached hydrogens (primary N) is 2. The molecular weight excluding hydrogens is 251 g/mol. The maximum Gasteiger partial charge on any atom is 0.491 e. The Morgan fingerprint density at radius 2 is 1.60 bits per heavy atom. The summed E-state index contributed by atoms with van der Waals surface area (Å²) in [7, 11) is -0.400. The smallest absolute Gasteiger partial charge is 0.400 e. The van der Waals surface area contributed by atoms with Crippen LogP contribution in [-0.2, 0) is 9.31 Å². The third-order valence-corrected chi connectivity index (χ3v) is 4.08. The number of anilines is 1. The van der Waals surface area contributed by atoms with E-state index in [1.807, 2.05) is 58.0 Å². The Hall–Kier alpha value is -1.30. The summed E-state index contributed by atoms with van der Waals surface area (Å²) in [5.41, 5.74) is 13.5. The van der Waals surface area contributed by atoms with Crippen molar-refractivity contribution in [3.8, 4) is 0 Å². The molecule has 0 spiro atoms. The van der Waals surface area contributed by atoms with Crippen molar-refractivity contribution < 1.29 is 9.31 Å². The second-order valence-electron chi connectivity index (χ2n) is 6.18. The first-order valence-electron chi connectivity index (χ1n) is 6.87. The lowest BCUT2D eigenvalue weighted by Gasteiger charge is -2.32. The third-order valence-electron chi connectivity index (χ3n) is 4.08. The van der Waals surface area contributed by atoms with Gasteiger partial charge in [-0.2, -0.15) is 0 Å². The number of benzene rings is 1. The molecule has 4 nitrogen and oxygen atoms in total. The highest BCUT2D eigenvalue weighted by Gasteiger charge is 2.52. The van der Waals surface area contributed by atoms with Gasteiger partial charge in [-0.15, -0.1) is 0 Å². The molecular formula is C15H23BN2O2. The molecule has 0 unspecified atom stereocenters. The van der Waals surface area contributed by atoms with E-state index >= 15 is 0 Å². The van der Waals surface area contributed by atoms with Gasteiger partial charge in [0.2, 0.25) is 0 Å². The van der Waals surface area contributed by atoms with Crippen molar-refractivity contribution in [3.05, 3.63) is 35.3 Å². The molecule has 1 aromatic carbocycles. The molecule has 0 aliphatic carbocycles. The molecule has 108 valence electrons. The van der Waals surface area contributed by atoms with Gasteiger partial charge in [-0.25, -0.2) is 0 Å². The van der Waals surface area contributed by atoms with Crippen LogP contribution < -0.4 is 11.5 Å². The van der Waals surface area contributed by atoms with Gasteiger partial charge in [-0.05, 0) is 50.9 Å². The highest BCUT2D eigenvalue weighted by Crippen LogP contribution is 2.38. The van der Waals surface area contributed by atoms with E-state index < -0.39 is 7.12 Å². The zero-order valence-electron chi connectivity index (χ0n) is 12.6. The summed E-state index contributed by atoms with van der Waals surface area (Å²) in [5.74, 6) is 0. The standard InChI is InChI=1S/C15H23BN2O2/c1-14(2)15(3,4)20-16(19-14)12(10-17)9-11-5-7-13(18)8-6-11/h5-9H,10,17-18H2,1-4H3. The zero-order chi connectivity index (χ0) is 15.0. The molecule has 1 heterocycles. The van der Waals surface area contributed by atoms with E-state index in [1.54, 1.807) is 0 Å². The van der Waals surface area contributed by atoms with Gasteiger partial charge in [0, 0.05) is 12.2 Å². The Labute approximate surface area is 121 Å². The van der Waals surface area contributed by atoms with Crippen LogP contribution in [0.3, 0.4) is 0 Å². The van der Waals surface area contributed by atoms with Gasteiger partial charge in [-0.3, -0.25) is 0 Å². The zero-order valence-corrected chi connectivity index (χ0v) is 12.6. The van der Waals surface area contributed by atoms with Gasteiger partial charge >= 0.3 is 7.12 Å². The van der Waals surface area contributed by atoms with Gasteiger partial charge < -0.3 is 20.8 Å². The highest BCUT2D eigenvalue weighted by atomic mass is 16.7. The summed E-state index contributed by atoms with van der Waals surface area (Å²) in [6.07, 6.45) is 2.00. The summed E-state index contributed by atoms with van der Waals surface area (Å²) in [4.78, 5) is 0. The van der Waals surface area contributed by atoms with E-state index in [2.05, 4.69) is 0 Å². The minimum atomic E-state index is -0.400. The maximum absolute atomic E-state index is 6.02. The van der Waals surface area contributed by atoms with Crippen LogP contribution in [0.15, 0.2) is 29.7 Å². The van der Waals surface area contributed by atoms with E-state index in [1.165, 1.54) is 0 Å². The average molecular weight is 274 g/mol. The fourth-order valence-electron chi connectivity index (χ4n) is 2.02. The van der Waals surface area contributed by atoms with E-state index in [-0.39, 0.29) is 11.2 Å². The summed E-state index contributed by atoms with van der Waals surface area (Å²) in [6, 6.07) is 7.64. The predicted octanol–water partition coefficient (Wildman–Crippen LogP) is 2.24. The Morgan fingerprint density at radius 1 is 1.10 bits per heavy atom. The first kappa shape index (κ1) is 15.1. The van der Waals surface area contributed by atoms with Gasteiger partial charge in [-0.1, -0.05) is 18.2 Å². The SMILES string of the molecule is CC1(C)OB(C(=Cc2ccc(N)cc2)CN)OC1(C)C. The van der Waals surface area contributed by atoms with Crippen molar-refractivity contribution >= 4 is 18.9 Å². The Bertz CT molecular complexity index is 493. The van der Waals surface area contributed by atoms with E-state index in [0.717, 1.165) is 16.7 Å². The molecule has 2 rings (SSSR count). The summed E-state index contributed by atoms with van der Waals surface area (Å²) >= 11 is 0. The fourth-order valence-corrected chi connectivity index (χ4v) is 2.02. The third kappa shape index (κ3) is 2.90. The molecule has 0 amide bonds. The van der Waals surface area contributed by atoms with E-state index in [4.69, 9.17) is 20.8 Å². The topological polar surface area (TPSA) is 70.5 Å². The molecule has 0 atom stereocenters. The minimum absolute atomic E-state index is 0.354.